The average Bonchev–Trinajstić information content (AvgIpc) is 2.74. The topological polar surface area (TPSA) is 44.8 Å². The number of benzene rings is 1. The molecule has 1 aliphatic heterocycles. The van der Waals surface area contributed by atoms with E-state index in [2.05, 4.69) is 59.3 Å². The number of nitrogens with one attached hydrogen (secondary N) is 1. The molecule has 1 aromatic carbocycles. The molecule has 0 spiro atoms. The van der Waals surface area contributed by atoms with Crippen molar-refractivity contribution in [2.24, 2.45) is 0 Å². The molecular formula is C23H37N3O2. The van der Waals surface area contributed by atoms with Crippen LogP contribution >= 0.6 is 0 Å². The molecule has 1 saturated heterocycles. The number of nitrogens with zero attached hydrogens (tertiary/aromatic N) is 2. The van der Waals surface area contributed by atoms with Crippen molar-refractivity contribution in [2.45, 2.75) is 64.1 Å². The first kappa shape index (κ1) is 21.3. The highest BCUT2D eigenvalue weighted by Crippen LogP contribution is 2.24. The van der Waals surface area contributed by atoms with Crippen molar-refractivity contribution in [3.05, 3.63) is 35.9 Å². The maximum absolute atomic E-state index is 12.8. The van der Waals surface area contributed by atoms with E-state index < -0.39 is 0 Å². The number of carbonyl (C=O) groups is 1. The zero-order valence-corrected chi connectivity index (χ0v) is 17.7. The van der Waals surface area contributed by atoms with Crippen LogP contribution in [0.4, 0.5) is 0 Å². The van der Waals surface area contributed by atoms with Gasteiger partial charge < -0.3 is 10.1 Å². The van der Waals surface area contributed by atoms with Crippen molar-refractivity contribution in [3.8, 4) is 0 Å². The summed E-state index contributed by atoms with van der Waals surface area (Å²) in [7, 11) is 0. The molecule has 1 N–H and O–H groups in total. The zero-order valence-electron chi connectivity index (χ0n) is 17.7. The summed E-state index contributed by atoms with van der Waals surface area (Å²) in [6.45, 7) is 9.87. The van der Waals surface area contributed by atoms with Crippen LogP contribution in [0.25, 0.3) is 0 Å². The lowest BCUT2D eigenvalue weighted by molar-refractivity contribution is -0.124. The maximum atomic E-state index is 12.8. The molecule has 0 aromatic heterocycles. The van der Waals surface area contributed by atoms with Crippen molar-refractivity contribution in [3.63, 3.8) is 0 Å². The Labute approximate surface area is 170 Å². The van der Waals surface area contributed by atoms with E-state index in [1.807, 2.05) is 0 Å². The van der Waals surface area contributed by atoms with Gasteiger partial charge in [-0.15, -0.1) is 0 Å². The Bertz CT molecular complexity index is 593. The first-order valence-electron chi connectivity index (χ1n) is 10.9. The fourth-order valence-corrected chi connectivity index (χ4v) is 4.41. The molecule has 5 nitrogen and oxygen atoms in total. The summed E-state index contributed by atoms with van der Waals surface area (Å²) >= 11 is 0. The third-order valence-electron chi connectivity index (χ3n) is 6.25. The van der Waals surface area contributed by atoms with Crippen LogP contribution in [0.1, 0.15) is 51.5 Å². The van der Waals surface area contributed by atoms with Crippen molar-refractivity contribution in [1.82, 2.24) is 15.1 Å². The summed E-state index contributed by atoms with van der Waals surface area (Å²) in [4.78, 5) is 17.6. The highest BCUT2D eigenvalue weighted by Gasteiger charge is 2.29. The van der Waals surface area contributed by atoms with E-state index in [0.717, 1.165) is 32.8 Å². The lowest BCUT2D eigenvalue weighted by Gasteiger charge is -2.41. The first-order valence-corrected chi connectivity index (χ1v) is 10.9. The normalized spacial score (nSPS) is 19.7. The van der Waals surface area contributed by atoms with Crippen LogP contribution in [-0.2, 0) is 16.1 Å². The predicted molar refractivity (Wildman–Crippen MR) is 113 cm³/mol. The van der Waals surface area contributed by atoms with E-state index >= 15 is 0 Å². The number of hydrogen-bond acceptors (Lipinski definition) is 4. The van der Waals surface area contributed by atoms with Gasteiger partial charge in [0.05, 0.1) is 19.8 Å². The molecule has 2 fully saturated rings. The quantitative estimate of drug-likeness (QED) is 0.745. The lowest BCUT2D eigenvalue weighted by Crippen LogP contribution is -2.56. The number of carbonyl (C=O) groups excluding carboxylic acids is 1. The van der Waals surface area contributed by atoms with Gasteiger partial charge in [0.25, 0.3) is 0 Å². The smallest absolute Gasteiger partial charge is 0.234 e. The summed E-state index contributed by atoms with van der Waals surface area (Å²) < 4.78 is 5.46. The molecule has 156 valence electrons. The Morgan fingerprint density at radius 2 is 1.82 bits per heavy atom. The second-order valence-electron chi connectivity index (χ2n) is 8.87. The Balaban J connectivity index is 1.55. The standard InChI is InChI=1S/C23H37N3O2/c1-23(2,26-13-15-28-16-14-26)19-24-22(27)18-25(21-11-7-4-8-12-21)17-20-9-5-3-6-10-20/h3,5-6,9-10,21H,4,7-8,11-19H2,1-2H3,(H,24,27). The molecule has 1 heterocycles. The Hall–Kier alpha value is -1.43. The van der Waals surface area contributed by atoms with Crippen LogP contribution in [0, 0.1) is 0 Å². The van der Waals surface area contributed by atoms with E-state index in [-0.39, 0.29) is 11.4 Å². The SMILES string of the molecule is CC(C)(CNC(=O)CN(Cc1ccccc1)C1CCCCC1)N1CCOCC1. The van der Waals surface area contributed by atoms with Crippen LogP contribution in [0.15, 0.2) is 30.3 Å². The Morgan fingerprint density at radius 1 is 1.14 bits per heavy atom. The molecule has 0 unspecified atom stereocenters. The molecule has 1 aromatic rings. The third kappa shape index (κ3) is 6.29. The van der Waals surface area contributed by atoms with Gasteiger partial charge in [-0.1, -0.05) is 49.6 Å². The molecule has 5 heteroatoms. The number of amides is 1. The molecule has 0 atom stereocenters. The maximum Gasteiger partial charge on any atom is 0.234 e. The van der Waals surface area contributed by atoms with Crippen molar-refractivity contribution in [1.29, 1.82) is 0 Å². The van der Waals surface area contributed by atoms with Gasteiger partial charge in [-0.3, -0.25) is 14.6 Å². The van der Waals surface area contributed by atoms with Gasteiger partial charge in [0, 0.05) is 37.8 Å². The summed E-state index contributed by atoms with van der Waals surface area (Å²) in [5.41, 5.74) is 1.24. The number of ether oxygens (including phenoxy) is 1. The largest absolute Gasteiger partial charge is 0.379 e. The summed E-state index contributed by atoms with van der Waals surface area (Å²) in [6, 6.07) is 11.1. The molecule has 28 heavy (non-hydrogen) atoms. The van der Waals surface area contributed by atoms with Gasteiger partial charge in [-0.25, -0.2) is 0 Å². The Kier molecular flexibility index (Phi) is 7.89. The summed E-state index contributed by atoms with van der Waals surface area (Å²) in [6.07, 6.45) is 6.30. The van der Waals surface area contributed by atoms with Gasteiger partial charge in [0.2, 0.25) is 5.91 Å². The average molecular weight is 388 g/mol. The minimum Gasteiger partial charge on any atom is -0.379 e. The molecule has 2 aliphatic rings. The van der Waals surface area contributed by atoms with Gasteiger partial charge >= 0.3 is 0 Å². The van der Waals surface area contributed by atoms with Crippen molar-refractivity contribution < 1.29 is 9.53 Å². The second kappa shape index (κ2) is 10.4. The molecule has 1 aliphatic carbocycles. The first-order chi connectivity index (χ1) is 13.5. The highest BCUT2D eigenvalue weighted by molar-refractivity contribution is 5.78. The Morgan fingerprint density at radius 3 is 2.50 bits per heavy atom. The molecule has 0 bridgehead atoms. The second-order valence-corrected chi connectivity index (χ2v) is 8.87. The van der Waals surface area contributed by atoms with E-state index in [1.165, 1.54) is 37.7 Å². The molecule has 0 radical (unpaired) electrons. The minimum atomic E-state index is -0.0471. The minimum absolute atomic E-state index is 0.0471. The van der Waals surface area contributed by atoms with Crippen molar-refractivity contribution in [2.75, 3.05) is 39.4 Å². The van der Waals surface area contributed by atoms with Crippen LogP contribution in [0.5, 0.6) is 0 Å². The molecular weight excluding hydrogens is 350 g/mol. The molecule has 3 rings (SSSR count). The monoisotopic (exact) mass is 387 g/mol. The zero-order chi connectivity index (χ0) is 19.8. The number of hydrogen-bond donors (Lipinski definition) is 1. The van der Waals surface area contributed by atoms with Crippen LogP contribution in [0.2, 0.25) is 0 Å². The van der Waals surface area contributed by atoms with Gasteiger partial charge in [-0.2, -0.15) is 0 Å². The highest BCUT2D eigenvalue weighted by atomic mass is 16.5. The summed E-state index contributed by atoms with van der Waals surface area (Å²) in [5.74, 6) is 0.142. The summed E-state index contributed by atoms with van der Waals surface area (Å²) in [5, 5.41) is 3.21. The number of morpholine rings is 1. The molecule has 1 saturated carbocycles. The van der Waals surface area contributed by atoms with E-state index in [0.29, 0.717) is 19.1 Å². The van der Waals surface area contributed by atoms with Crippen LogP contribution in [0.3, 0.4) is 0 Å². The van der Waals surface area contributed by atoms with E-state index in [9.17, 15) is 4.79 Å². The van der Waals surface area contributed by atoms with Gasteiger partial charge in [0.1, 0.15) is 0 Å². The van der Waals surface area contributed by atoms with E-state index in [1.54, 1.807) is 0 Å². The van der Waals surface area contributed by atoms with Crippen LogP contribution < -0.4 is 5.32 Å². The third-order valence-corrected chi connectivity index (χ3v) is 6.25. The van der Waals surface area contributed by atoms with E-state index in [4.69, 9.17) is 4.74 Å². The molecule has 1 amide bonds. The fourth-order valence-electron chi connectivity index (χ4n) is 4.41. The van der Waals surface area contributed by atoms with Gasteiger partial charge in [0.15, 0.2) is 0 Å². The van der Waals surface area contributed by atoms with Crippen LogP contribution in [-0.4, -0.2) is 66.7 Å². The number of rotatable bonds is 8. The fraction of sp³-hybridized carbons (Fsp3) is 0.696. The predicted octanol–water partition coefficient (Wildman–Crippen LogP) is 3.05. The lowest BCUT2D eigenvalue weighted by atomic mass is 9.93. The van der Waals surface area contributed by atoms with Gasteiger partial charge in [-0.05, 0) is 32.3 Å². The van der Waals surface area contributed by atoms with Crippen molar-refractivity contribution >= 4 is 5.91 Å².